The molecule has 1 amide bonds. The van der Waals surface area contributed by atoms with Gasteiger partial charge in [-0.3, -0.25) is 9.88 Å². The second-order valence-electron chi connectivity index (χ2n) is 3.85. The average Bonchev–Trinajstić information content (AvgIpc) is 2.50. The van der Waals surface area contributed by atoms with Crippen molar-refractivity contribution in [3.63, 3.8) is 0 Å². The fourth-order valence-corrected chi connectivity index (χ4v) is 2.54. The summed E-state index contributed by atoms with van der Waals surface area (Å²) in [5.41, 5.74) is 0.723. The van der Waals surface area contributed by atoms with Gasteiger partial charge in [-0.25, -0.2) is 9.59 Å². The Morgan fingerprint density at radius 2 is 1.77 bits per heavy atom. The van der Waals surface area contributed by atoms with Gasteiger partial charge in [-0.05, 0) is 5.56 Å². The number of carboxylic acids is 1. The summed E-state index contributed by atoms with van der Waals surface area (Å²) in [5, 5.41) is 11.0. The van der Waals surface area contributed by atoms with Crippen molar-refractivity contribution in [1.29, 1.82) is 0 Å². The molecular weight excluding hydrogens is 308 g/mol. The molecule has 0 aromatic heterocycles. The van der Waals surface area contributed by atoms with E-state index >= 15 is 0 Å². The van der Waals surface area contributed by atoms with Crippen LogP contribution < -0.4 is 5.32 Å². The molecule has 1 unspecified atom stereocenters. The molecule has 1 aromatic carbocycles. The quantitative estimate of drug-likeness (QED) is 0.571. The zero-order chi connectivity index (χ0) is 15.9. The summed E-state index contributed by atoms with van der Waals surface area (Å²) in [6.45, 7) is -0.0523. The first-order valence-electron chi connectivity index (χ1n) is 5.84. The number of carboxylic acid groups (broad SMARTS) is 1. The van der Waals surface area contributed by atoms with Crippen LogP contribution in [0.3, 0.4) is 0 Å². The van der Waals surface area contributed by atoms with Crippen molar-refractivity contribution in [3.8, 4) is 0 Å². The summed E-state index contributed by atoms with van der Waals surface area (Å²) >= 11 is 0. The van der Waals surface area contributed by atoms with Gasteiger partial charge in [-0.2, -0.15) is 0 Å². The molecule has 0 heterocycles. The van der Waals surface area contributed by atoms with Crippen molar-refractivity contribution in [1.82, 2.24) is 5.32 Å². The van der Waals surface area contributed by atoms with E-state index in [1.54, 1.807) is 30.3 Å². The van der Waals surface area contributed by atoms with Gasteiger partial charge in [0.2, 0.25) is 5.78 Å². The van der Waals surface area contributed by atoms with Gasteiger partial charge in [-0.1, -0.05) is 30.3 Å². The number of rotatable bonds is 7. The average molecular weight is 325 g/mol. The Labute approximate surface area is 139 Å². The molecule has 1 rings (SSSR count). The van der Waals surface area contributed by atoms with Gasteiger partial charge in [0.15, 0.2) is 0 Å². The van der Waals surface area contributed by atoms with Gasteiger partial charge in [0.05, 0.1) is 0 Å². The molecule has 1 aromatic rings. The van der Waals surface area contributed by atoms with Gasteiger partial charge in [0.1, 0.15) is 6.61 Å². The van der Waals surface area contributed by atoms with Crippen LogP contribution in [0.1, 0.15) is 5.56 Å². The molecule has 8 nitrogen and oxygen atoms in total. The Bertz CT molecular complexity index is 532. The van der Waals surface area contributed by atoms with Crippen LogP contribution in [0.4, 0.5) is 4.79 Å². The number of alkyl carbamates (subject to hydrolysis) is 1. The second kappa shape index (κ2) is 9.67. The SMILES string of the molecule is COP(=O)(OC)C(NC(=O)OCc1ccccc1)C(=O)O.[LiH]. The maximum atomic E-state index is 12.0. The van der Waals surface area contributed by atoms with Gasteiger partial charge in [0.25, 0.3) is 0 Å². The Kier molecular flexibility index (Phi) is 9.10. The number of hydrogen-bond acceptors (Lipinski definition) is 6. The molecule has 0 spiro atoms. The third-order valence-corrected chi connectivity index (χ3v) is 4.53. The minimum atomic E-state index is -4.01. The monoisotopic (exact) mass is 325 g/mol. The van der Waals surface area contributed by atoms with Crippen LogP contribution in [-0.2, 0) is 29.8 Å². The molecule has 0 saturated carbocycles. The molecule has 2 N–H and O–H groups in total. The van der Waals surface area contributed by atoms with Crippen LogP contribution in [0.25, 0.3) is 0 Å². The number of amides is 1. The van der Waals surface area contributed by atoms with E-state index in [9.17, 15) is 14.2 Å². The number of carbonyl (C=O) groups is 2. The number of ether oxygens (including phenoxy) is 1. The fourth-order valence-electron chi connectivity index (χ4n) is 1.44. The molecule has 1 atom stereocenters. The number of nitrogens with one attached hydrogen (secondary N) is 1. The van der Waals surface area contributed by atoms with Crippen LogP contribution in [0, 0.1) is 0 Å². The Hall–Kier alpha value is -1.29. The zero-order valence-electron chi connectivity index (χ0n) is 11.5. The summed E-state index contributed by atoms with van der Waals surface area (Å²) in [6, 6.07) is 8.80. The van der Waals surface area contributed by atoms with E-state index in [4.69, 9.17) is 9.84 Å². The second-order valence-corrected chi connectivity index (χ2v) is 6.18. The van der Waals surface area contributed by atoms with Crippen molar-refractivity contribution < 1.29 is 33.0 Å². The van der Waals surface area contributed by atoms with Gasteiger partial charge in [0, 0.05) is 14.2 Å². The summed E-state index contributed by atoms with van der Waals surface area (Å²) in [4.78, 5) is 22.7. The predicted octanol–water partition coefficient (Wildman–Crippen LogP) is 1.16. The molecule has 0 aliphatic rings. The zero-order valence-corrected chi connectivity index (χ0v) is 12.4. The summed E-state index contributed by atoms with van der Waals surface area (Å²) in [6.07, 6.45) is -1.04. The molecule has 0 radical (unpaired) electrons. The Balaban J connectivity index is 0.00000441. The molecule has 10 heteroatoms. The number of aliphatic carboxylic acids is 1. The molecule has 0 bridgehead atoms. The first-order valence-corrected chi connectivity index (χ1v) is 7.45. The van der Waals surface area contributed by atoms with Gasteiger partial charge >= 0.3 is 38.5 Å². The summed E-state index contributed by atoms with van der Waals surface area (Å²) < 4.78 is 26.0. The van der Waals surface area contributed by atoms with Crippen LogP contribution in [0.2, 0.25) is 0 Å². The van der Waals surface area contributed by atoms with Crippen molar-refractivity contribution in [2.24, 2.45) is 0 Å². The van der Waals surface area contributed by atoms with E-state index in [0.29, 0.717) is 0 Å². The Morgan fingerprint density at radius 3 is 2.23 bits per heavy atom. The van der Waals surface area contributed by atoms with Gasteiger partial charge < -0.3 is 18.9 Å². The first kappa shape index (κ1) is 20.7. The maximum absolute atomic E-state index is 12.0. The van der Waals surface area contributed by atoms with Crippen LogP contribution >= 0.6 is 7.60 Å². The van der Waals surface area contributed by atoms with Crippen molar-refractivity contribution in [3.05, 3.63) is 35.9 Å². The van der Waals surface area contributed by atoms with Crippen molar-refractivity contribution in [2.45, 2.75) is 12.4 Å². The topological polar surface area (TPSA) is 111 Å². The van der Waals surface area contributed by atoms with E-state index in [2.05, 4.69) is 9.05 Å². The first-order chi connectivity index (χ1) is 9.92. The molecule has 0 saturated heterocycles. The Morgan fingerprint density at radius 1 is 1.23 bits per heavy atom. The number of carbonyl (C=O) groups excluding carboxylic acids is 1. The van der Waals surface area contributed by atoms with E-state index in [1.165, 1.54) is 0 Å². The van der Waals surface area contributed by atoms with E-state index in [0.717, 1.165) is 19.8 Å². The fraction of sp³-hybridized carbons (Fsp3) is 0.333. The third-order valence-electron chi connectivity index (χ3n) is 2.53. The minimum absolute atomic E-state index is 0. The molecule has 118 valence electrons. The molecular formula is C12H17LiNO7P. The van der Waals surface area contributed by atoms with E-state index in [-0.39, 0.29) is 25.5 Å². The molecule has 0 fully saturated rings. The van der Waals surface area contributed by atoms with Crippen molar-refractivity contribution >= 4 is 38.5 Å². The van der Waals surface area contributed by atoms with E-state index < -0.39 is 25.4 Å². The standard InChI is InChI=1S/C12H16NO7P.Li.H/c1-18-21(17,19-2)10(11(14)15)13-12(16)20-8-9-6-4-3-5-7-9;;/h3-7,10H,8H2,1-2H3,(H,13,16)(H,14,15);;. The van der Waals surface area contributed by atoms with Gasteiger partial charge in [-0.15, -0.1) is 0 Å². The normalized spacial score (nSPS) is 11.9. The number of benzene rings is 1. The van der Waals surface area contributed by atoms with Crippen LogP contribution in [0.5, 0.6) is 0 Å². The predicted molar refractivity (Wildman–Crippen MR) is 80.0 cm³/mol. The third kappa shape index (κ3) is 5.83. The molecule has 0 aliphatic carbocycles. The van der Waals surface area contributed by atoms with Crippen LogP contribution in [0.15, 0.2) is 30.3 Å². The number of hydrogen-bond donors (Lipinski definition) is 2. The summed E-state index contributed by atoms with van der Waals surface area (Å²) in [5.74, 6) is -3.41. The van der Waals surface area contributed by atoms with E-state index in [1.807, 2.05) is 5.32 Å². The van der Waals surface area contributed by atoms with Crippen LogP contribution in [-0.4, -0.2) is 56.0 Å². The summed E-state index contributed by atoms with van der Waals surface area (Å²) in [7, 11) is -1.96. The molecule has 22 heavy (non-hydrogen) atoms. The van der Waals surface area contributed by atoms with Crippen molar-refractivity contribution in [2.75, 3.05) is 14.2 Å². The molecule has 0 aliphatic heterocycles.